The molecule has 2 heterocycles. The van der Waals surface area contributed by atoms with Crippen molar-refractivity contribution in [2.24, 2.45) is 0 Å². The highest BCUT2D eigenvalue weighted by Gasteiger charge is 2.28. The molecule has 1 aromatic heterocycles. The quantitative estimate of drug-likeness (QED) is 0.865. The number of imidazole rings is 1. The maximum Gasteiger partial charge on any atom is 0.244 e. The van der Waals surface area contributed by atoms with Crippen LogP contribution >= 0.6 is 0 Å². The van der Waals surface area contributed by atoms with Gasteiger partial charge in [0.2, 0.25) is 5.91 Å². The first kappa shape index (κ1) is 12.8. The van der Waals surface area contributed by atoms with Gasteiger partial charge >= 0.3 is 0 Å². The van der Waals surface area contributed by atoms with Crippen LogP contribution in [0, 0.1) is 5.82 Å². The van der Waals surface area contributed by atoms with E-state index in [-0.39, 0.29) is 17.8 Å². The van der Waals surface area contributed by atoms with Crippen molar-refractivity contribution in [1.29, 1.82) is 0 Å². The van der Waals surface area contributed by atoms with Gasteiger partial charge in [0.25, 0.3) is 0 Å². The minimum atomic E-state index is -0.313. The summed E-state index contributed by atoms with van der Waals surface area (Å²) < 4.78 is 12.9. The molecule has 3 rings (SSSR count). The Balaban J connectivity index is 1.74. The number of aromatic amines is 1. The Morgan fingerprint density at radius 3 is 2.90 bits per heavy atom. The van der Waals surface area contributed by atoms with Gasteiger partial charge in [-0.2, -0.15) is 0 Å². The van der Waals surface area contributed by atoms with Gasteiger partial charge in [0.05, 0.1) is 23.8 Å². The number of hydrogen-bond donors (Lipinski definition) is 2. The van der Waals surface area contributed by atoms with Gasteiger partial charge in [0.1, 0.15) is 5.82 Å². The molecule has 1 aromatic carbocycles. The zero-order valence-corrected chi connectivity index (χ0v) is 11.1. The van der Waals surface area contributed by atoms with Crippen LogP contribution in [0.15, 0.2) is 30.6 Å². The number of hydrogen-bond acceptors (Lipinski definition) is 3. The number of fused-ring (bicyclic) bond motifs is 1. The molecule has 0 fully saturated rings. The van der Waals surface area contributed by atoms with Crippen molar-refractivity contribution in [2.75, 3.05) is 11.9 Å². The van der Waals surface area contributed by atoms with Gasteiger partial charge in [-0.1, -0.05) is 0 Å². The third kappa shape index (κ3) is 2.30. The first-order valence-electron chi connectivity index (χ1n) is 6.43. The second-order valence-electron chi connectivity index (χ2n) is 4.84. The Bertz CT molecular complexity index is 622. The monoisotopic (exact) mass is 274 g/mol. The molecule has 5 nitrogen and oxygen atoms in total. The van der Waals surface area contributed by atoms with Crippen LogP contribution in [-0.2, 0) is 17.8 Å². The van der Waals surface area contributed by atoms with Crippen LogP contribution in [0.3, 0.4) is 0 Å². The standard InChI is InChI=1S/C14H15FN4O/c1-19(10-4-2-9(15)3-5-10)14(20)12-6-11-13(7-16-12)18-8-17-11/h2-5,8,12,16H,6-7H2,1H3,(H,17,18). The molecular formula is C14H15FN4O. The van der Waals surface area contributed by atoms with Gasteiger partial charge in [0, 0.05) is 25.7 Å². The largest absolute Gasteiger partial charge is 0.347 e. The molecule has 1 atom stereocenters. The summed E-state index contributed by atoms with van der Waals surface area (Å²) in [6.07, 6.45) is 2.20. The molecular weight excluding hydrogens is 259 g/mol. The first-order chi connectivity index (χ1) is 9.65. The van der Waals surface area contributed by atoms with E-state index < -0.39 is 0 Å². The fourth-order valence-corrected chi connectivity index (χ4v) is 2.37. The summed E-state index contributed by atoms with van der Waals surface area (Å²) >= 11 is 0. The maximum atomic E-state index is 12.9. The third-order valence-corrected chi connectivity index (χ3v) is 3.57. The number of halogens is 1. The van der Waals surface area contributed by atoms with Gasteiger partial charge in [-0.25, -0.2) is 9.37 Å². The average Bonchev–Trinajstić information content (AvgIpc) is 2.94. The Hall–Kier alpha value is -2.21. The Labute approximate surface area is 115 Å². The van der Waals surface area contributed by atoms with Crippen molar-refractivity contribution < 1.29 is 9.18 Å². The highest BCUT2D eigenvalue weighted by atomic mass is 19.1. The van der Waals surface area contributed by atoms with Crippen LogP contribution in [0.4, 0.5) is 10.1 Å². The normalized spacial score (nSPS) is 17.6. The lowest BCUT2D eigenvalue weighted by Crippen LogP contribution is -2.48. The smallest absolute Gasteiger partial charge is 0.244 e. The summed E-state index contributed by atoms with van der Waals surface area (Å²) in [7, 11) is 1.69. The zero-order valence-electron chi connectivity index (χ0n) is 11.1. The van der Waals surface area contributed by atoms with Crippen LogP contribution in [0.5, 0.6) is 0 Å². The molecule has 2 aromatic rings. The summed E-state index contributed by atoms with van der Waals surface area (Å²) in [6.45, 7) is 0.600. The molecule has 0 spiro atoms. The number of carbonyl (C=O) groups excluding carboxylic acids is 1. The van der Waals surface area contributed by atoms with E-state index >= 15 is 0 Å². The second-order valence-corrected chi connectivity index (χ2v) is 4.84. The lowest BCUT2D eigenvalue weighted by Gasteiger charge is -2.27. The van der Waals surface area contributed by atoms with Crippen LogP contribution in [0.2, 0.25) is 0 Å². The molecule has 1 aliphatic rings. The van der Waals surface area contributed by atoms with Crippen molar-refractivity contribution in [2.45, 2.75) is 19.0 Å². The minimum Gasteiger partial charge on any atom is -0.347 e. The van der Waals surface area contributed by atoms with Crippen LogP contribution in [0.25, 0.3) is 0 Å². The minimum absolute atomic E-state index is 0.0507. The molecule has 0 saturated heterocycles. The van der Waals surface area contributed by atoms with E-state index in [0.717, 1.165) is 11.4 Å². The number of nitrogens with one attached hydrogen (secondary N) is 2. The number of amides is 1. The zero-order chi connectivity index (χ0) is 14.1. The molecule has 20 heavy (non-hydrogen) atoms. The van der Waals surface area contributed by atoms with E-state index in [1.54, 1.807) is 25.5 Å². The van der Waals surface area contributed by atoms with Crippen molar-refractivity contribution in [3.05, 3.63) is 47.8 Å². The lowest BCUT2D eigenvalue weighted by molar-refractivity contribution is -0.120. The Morgan fingerprint density at radius 2 is 2.15 bits per heavy atom. The number of rotatable bonds is 2. The molecule has 1 amide bonds. The Morgan fingerprint density at radius 1 is 1.40 bits per heavy atom. The van der Waals surface area contributed by atoms with E-state index in [1.165, 1.54) is 17.0 Å². The van der Waals surface area contributed by atoms with Crippen molar-refractivity contribution >= 4 is 11.6 Å². The third-order valence-electron chi connectivity index (χ3n) is 3.57. The van der Waals surface area contributed by atoms with Crippen LogP contribution in [-0.4, -0.2) is 29.0 Å². The van der Waals surface area contributed by atoms with Gasteiger partial charge in [-0.05, 0) is 24.3 Å². The number of carbonyl (C=O) groups is 1. The topological polar surface area (TPSA) is 61.0 Å². The molecule has 0 bridgehead atoms. The number of likely N-dealkylation sites (N-methyl/N-ethyl adjacent to an activating group) is 1. The van der Waals surface area contributed by atoms with Gasteiger partial charge in [-0.15, -0.1) is 0 Å². The van der Waals surface area contributed by atoms with Crippen LogP contribution < -0.4 is 10.2 Å². The summed E-state index contributed by atoms with van der Waals surface area (Å²) in [5, 5.41) is 3.19. The van der Waals surface area contributed by atoms with Gasteiger partial charge < -0.3 is 9.88 Å². The molecule has 2 N–H and O–H groups in total. The van der Waals surface area contributed by atoms with Crippen molar-refractivity contribution in [1.82, 2.24) is 15.3 Å². The molecule has 104 valence electrons. The van der Waals surface area contributed by atoms with Crippen molar-refractivity contribution in [3.8, 4) is 0 Å². The van der Waals surface area contributed by atoms with E-state index in [0.29, 0.717) is 18.7 Å². The van der Waals surface area contributed by atoms with E-state index in [4.69, 9.17) is 0 Å². The summed E-state index contributed by atoms with van der Waals surface area (Å²) in [5.74, 6) is -0.364. The fraction of sp³-hybridized carbons (Fsp3) is 0.286. The average molecular weight is 274 g/mol. The molecule has 0 aliphatic carbocycles. The molecule has 6 heteroatoms. The van der Waals surface area contributed by atoms with Gasteiger partial charge in [0.15, 0.2) is 0 Å². The number of anilines is 1. The highest BCUT2D eigenvalue weighted by molar-refractivity contribution is 5.97. The van der Waals surface area contributed by atoms with E-state index in [9.17, 15) is 9.18 Å². The fourth-order valence-electron chi connectivity index (χ4n) is 2.37. The molecule has 0 radical (unpaired) electrons. The first-order valence-corrected chi connectivity index (χ1v) is 6.43. The summed E-state index contributed by atoms with van der Waals surface area (Å²) in [4.78, 5) is 21.2. The Kier molecular flexibility index (Phi) is 3.23. The second kappa shape index (κ2) is 5.05. The number of benzene rings is 1. The predicted octanol–water partition coefficient (Wildman–Crippen LogP) is 1.23. The van der Waals surface area contributed by atoms with Crippen LogP contribution in [0.1, 0.15) is 11.4 Å². The van der Waals surface area contributed by atoms with E-state index in [2.05, 4.69) is 15.3 Å². The molecule has 1 aliphatic heterocycles. The van der Waals surface area contributed by atoms with Crippen molar-refractivity contribution in [3.63, 3.8) is 0 Å². The summed E-state index contributed by atoms with van der Waals surface area (Å²) in [5.41, 5.74) is 2.62. The molecule has 1 unspecified atom stereocenters. The SMILES string of the molecule is CN(C(=O)C1Cc2nc[nH]c2CN1)c1ccc(F)cc1. The summed E-state index contributed by atoms with van der Waals surface area (Å²) in [6, 6.07) is 5.57. The molecule has 0 saturated carbocycles. The van der Waals surface area contributed by atoms with E-state index in [1.807, 2.05) is 0 Å². The number of H-pyrrole nitrogens is 1. The number of aromatic nitrogens is 2. The highest BCUT2D eigenvalue weighted by Crippen LogP contribution is 2.18. The van der Waals surface area contributed by atoms with Gasteiger partial charge in [-0.3, -0.25) is 10.1 Å². The lowest BCUT2D eigenvalue weighted by atomic mass is 10.0. The predicted molar refractivity (Wildman–Crippen MR) is 72.7 cm³/mol. The maximum absolute atomic E-state index is 12.9. The number of nitrogens with zero attached hydrogens (tertiary/aromatic N) is 2.